The molecule has 0 aromatic heterocycles. The normalized spacial score (nSPS) is 14.9. The quantitative estimate of drug-likeness (QED) is 0.0155. The molecule has 0 unspecified atom stereocenters. The average molecular weight is 1030 g/mol. The van der Waals surface area contributed by atoms with Crippen LogP contribution in [0.1, 0.15) is 70.4 Å². The number of carboxylic acids is 1. The van der Waals surface area contributed by atoms with Crippen LogP contribution in [0.2, 0.25) is 0 Å². The van der Waals surface area contributed by atoms with E-state index in [2.05, 4.69) is 67.5 Å². The summed E-state index contributed by atoms with van der Waals surface area (Å²) in [4.78, 5) is 112. The number of aliphatic hydroxyl groups is 1. The van der Waals surface area contributed by atoms with E-state index in [-0.39, 0.29) is 80.7 Å². The summed E-state index contributed by atoms with van der Waals surface area (Å²) in [6.07, 6.45) is -0.608. The number of amides is 7. The van der Waals surface area contributed by atoms with Crippen LogP contribution in [0.3, 0.4) is 0 Å². The maximum Gasteiger partial charge on any atom is 0.326 e. The first-order valence-electron chi connectivity index (χ1n) is 23.2. The van der Waals surface area contributed by atoms with Crippen molar-refractivity contribution in [3.05, 3.63) is 65.7 Å². The second-order valence-electron chi connectivity index (χ2n) is 17.3. The van der Waals surface area contributed by atoms with Gasteiger partial charge < -0.3 is 75.5 Å². The molecule has 2 rings (SSSR count). The van der Waals surface area contributed by atoms with Crippen molar-refractivity contribution in [2.24, 2.45) is 33.8 Å². The van der Waals surface area contributed by atoms with Crippen molar-refractivity contribution in [3.8, 4) is 5.75 Å². The van der Waals surface area contributed by atoms with Gasteiger partial charge in [-0.3, -0.25) is 38.6 Å². The van der Waals surface area contributed by atoms with Crippen molar-refractivity contribution < 1.29 is 53.7 Å². The molecule has 0 bridgehead atoms. The van der Waals surface area contributed by atoms with Crippen molar-refractivity contribution in [1.29, 1.82) is 0 Å². The van der Waals surface area contributed by atoms with Crippen LogP contribution in [0.5, 0.6) is 5.75 Å². The lowest BCUT2D eigenvalue weighted by molar-refractivity contribution is -0.142. The predicted octanol–water partition coefficient (Wildman–Crippen LogP) is -2.55. The van der Waals surface area contributed by atoms with Gasteiger partial charge in [-0.15, -0.1) is 0 Å². The molecule has 71 heavy (non-hydrogen) atoms. The Labute approximate surface area is 424 Å². The third-order valence-electron chi connectivity index (χ3n) is 10.8. The number of hydrogen-bond acceptors (Lipinski definition) is 15. The molecule has 0 aliphatic heterocycles. The van der Waals surface area contributed by atoms with Crippen LogP contribution in [0.25, 0.3) is 0 Å². The van der Waals surface area contributed by atoms with Crippen LogP contribution in [0.15, 0.2) is 59.6 Å². The summed E-state index contributed by atoms with van der Waals surface area (Å²) in [5.74, 6) is -8.16. The number of benzene rings is 2. The highest BCUT2D eigenvalue weighted by molar-refractivity contribution is 7.80. The van der Waals surface area contributed by atoms with Gasteiger partial charge in [0.1, 0.15) is 48.0 Å². The fourth-order valence-electron chi connectivity index (χ4n) is 6.94. The zero-order chi connectivity index (χ0) is 53.2. The highest BCUT2D eigenvalue weighted by Gasteiger charge is 2.35. The van der Waals surface area contributed by atoms with Crippen molar-refractivity contribution in [3.63, 3.8) is 0 Å². The van der Waals surface area contributed by atoms with Crippen molar-refractivity contribution in [2.45, 2.75) is 127 Å². The molecule has 0 saturated carbocycles. The van der Waals surface area contributed by atoms with E-state index < -0.39 is 102 Å². The average Bonchev–Trinajstić information content (AvgIpc) is 3.31. The molecule has 7 amide bonds. The van der Waals surface area contributed by atoms with Gasteiger partial charge in [0.15, 0.2) is 5.96 Å². The Morgan fingerprint density at radius 1 is 0.592 bits per heavy atom. The highest BCUT2D eigenvalue weighted by Crippen LogP contribution is 2.13. The van der Waals surface area contributed by atoms with Gasteiger partial charge in [0.05, 0.1) is 12.1 Å². The number of carbonyl (C=O) groups is 8. The molecule has 9 atom stereocenters. The number of aliphatic imine (C=N–C) groups is 1. The molecule has 0 spiro atoms. The van der Waals surface area contributed by atoms with Crippen LogP contribution < -0.4 is 60.2 Å². The number of guanidine groups is 1. The topological polar surface area (TPSA) is 398 Å². The van der Waals surface area contributed by atoms with E-state index in [1.165, 1.54) is 31.2 Å². The second-order valence-corrected chi connectivity index (χ2v) is 18.1. The lowest BCUT2D eigenvalue weighted by Crippen LogP contribution is -2.62. The molecular formula is C46H72N12O11S2. The predicted molar refractivity (Wildman–Crippen MR) is 273 cm³/mol. The standard InChI is InChI=1S/C46H72N12O11S2/c1-25(2)20-33(41(64)57-35(23-70)42(65)55-34(45(68)69)22-28-14-16-29(60)17-15-28)54-40(63)31(12-7-8-18-47)52-39(62)32(13-9-19-51-46(49)50)53-44(67)37(26(3)59)58-43(66)36(24-71)56-38(61)30(48)21-27-10-5-4-6-11-27/h4-6,10-11,14-17,25-26,30-37,59-60,70-71H,7-9,12-13,18-24,47-48H2,1-3H3,(H,52,62)(H,53,67)(H,54,63)(H,55,65)(H,56,61)(H,57,64)(H,58,66)(H,68,69)(H4,49,50,51)/t26-,30+,31+,32+,33+,34+,35+,36+,37+/m1/s1. The summed E-state index contributed by atoms with van der Waals surface area (Å²) in [5.41, 5.74) is 24.1. The first-order chi connectivity index (χ1) is 33.6. The molecule has 0 radical (unpaired) electrons. The highest BCUT2D eigenvalue weighted by atomic mass is 32.1. The van der Waals surface area contributed by atoms with Gasteiger partial charge in [0.25, 0.3) is 0 Å². The van der Waals surface area contributed by atoms with E-state index in [9.17, 15) is 53.7 Å². The Kier molecular flexibility index (Phi) is 27.4. The number of carboxylic acid groups (broad SMARTS) is 1. The second kappa shape index (κ2) is 31.9. The van der Waals surface area contributed by atoms with E-state index in [0.29, 0.717) is 18.4 Å². The molecule has 0 saturated heterocycles. The van der Waals surface area contributed by atoms with Crippen molar-refractivity contribution in [2.75, 3.05) is 24.6 Å². The Morgan fingerprint density at radius 2 is 1.06 bits per heavy atom. The van der Waals surface area contributed by atoms with Crippen molar-refractivity contribution >= 4 is 78.5 Å². The number of hydrogen-bond donors (Lipinski definition) is 16. The lowest BCUT2D eigenvalue weighted by Gasteiger charge is -2.28. The van der Waals surface area contributed by atoms with E-state index in [1.54, 1.807) is 38.1 Å². The SMILES string of the molecule is CC(C)C[C@H](NC(=O)[C@H](CCCCN)NC(=O)[C@H](CCCN=C(N)N)NC(=O)[C@@H](NC(=O)[C@H](CS)NC(=O)[C@@H](N)Cc1ccccc1)[C@@H](C)O)C(=O)N[C@@H](CS)C(=O)N[C@@H](Cc1ccc(O)cc1)C(=O)O. The summed E-state index contributed by atoms with van der Waals surface area (Å²) in [7, 11) is 0. The van der Waals surface area contributed by atoms with E-state index in [4.69, 9.17) is 22.9 Å². The number of thiol groups is 2. The van der Waals surface area contributed by atoms with Gasteiger partial charge in [0.2, 0.25) is 41.4 Å². The molecule has 2 aromatic rings. The van der Waals surface area contributed by atoms with Gasteiger partial charge >= 0.3 is 5.97 Å². The minimum atomic E-state index is -1.66. The number of nitrogens with zero attached hydrogens (tertiary/aromatic N) is 1. The molecule has 2 aromatic carbocycles. The number of aliphatic carboxylic acids is 1. The van der Waals surface area contributed by atoms with E-state index in [0.717, 1.165) is 5.56 Å². The van der Waals surface area contributed by atoms with Gasteiger partial charge in [0, 0.05) is 24.5 Å². The minimum Gasteiger partial charge on any atom is -0.508 e. The first-order valence-corrected chi connectivity index (χ1v) is 24.4. The van der Waals surface area contributed by atoms with E-state index in [1.807, 2.05) is 6.07 Å². The Balaban J connectivity index is 2.31. The molecule has 0 aliphatic carbocycles. The summed E-state index contributed by atoms with van der Waals surface area (Å²) in [5, 5.41) is 47.9. The van der Waals surface area contributed by atoms with Gasteiger partial charge in [-0.2, -0.15) is 25.3 Å². The van der Waals surface area contributed by atoms with Crippen LogP contribution >= 0.6 is 25.3 Å². The Hall–Kier alpha value is -6.15. The smallest absolute Gasteiger partial charge is 0.326 e. The largest absolute Gasteiger partial charge is 0.508 e. The number of phenolic OH excluding ortho intramolecular Hbond substituents is 1. The van der Waals surface area contributed by atoms with Gasteiger partial charge in [-0.25, -0.2) is 4.79 Å². The molecular weight excluding hydrogens is 961 g/mol. The molecule has 23 nitrogen and oxygen atoms in total. The monoisotopic (exact) mass is 1030 g/mol. The fraction of sp³-hybridized carbons (Fsp3) is 0.543. The molecule has 0 aliphatic rings. The van der Waals surface area contributed by atoms with Gasteiger partial charge in [-0.1, -0.05) is 56.3 Å². The Bertz CT molecular complexity index is 2080. The minimum absolute atomic E-state index is 0.0247. The lowest BCUT2D eigenvalue weighted by atomic mass is 10.0. The number of nitrogens with one attached hydrogen (secondary N) is 7. The summed E-state index contributed by atoms with van der Waals surface area (Å²) >= 11 is 8.40. The third kappa shape index (κ3) is 22.6. The summed E-state index contributed by atoms with van der Waals surface area (Å²) in [6.45, 7) is 5.07. The molecule has 0 fully saturated rings. The van der Waals surface area contributed by atoms with Crippen molar-refractivity contribution in [1.82, 2.24) is 37.2 Å². The first kappa shape index (κ1) is 61.0. The Morgan fingerprint density at radius 3 is 1.58 bits per heavy atom. The number of aromatic hydroxyl groups is 1. The molecule has 394 valence electrons. The van der Waals surface area contributed by atoms with Crippen LogP contribution in [-0.2, 0) is 51.2 Å². The number of aliphatic hydroxyl groups excluding tert-OH is 1. The zero-order valence-electron chi connectivity index (χ0n) is 40.2. The van der Waals surface area contributed by atoms with E-state index >= 15 is 0 Å². The molecule has 25 heteroatoms. The summed E-state index contributed by atoms with van der Waals surface area (Å²) in [6, 6.07) is 3.95. The zero-order valence-corrected chi connectivity index (χ0v) is 42.0. The van der Waals surface area contributed by atoms with Crippen LogP contribution in [0, 0.1) is 5.92 Å². The maximum atomic E-state index is 14.1. The number of unbranched alkanes of at least 4 members (excludes halogenated alkanes) is 1. The maximum absolute atomic E-state index is 14.1. The summed E-state index contributed by atoms with van der Waals surface area (Å²) < 4.78 is 0. The van der Waals surface area contributed by atoms with Crippen LogP contribution in [-0.4, -0.2) is 148 Å². The van der Waals surface area contributed by atoms with Crippen LogP contribution in [0.4, 0.5) is 0 Å². The molecule has 0 heterocycles. The number of phenols is 1. The number of rotatable bonds is 32. The molecule has 18 N–H and O–H groups in total. The fourth-order valence-corrected chi connectivity index (χ4v) is 7.46. The number of nitrogens with two attached hydrogens (primary N) is 4. The van der Waals surface area contributed by atoms with Gasteiger partial charge in [-0.05, 0) is 87.6 Å². The third-order valence-corrected chi connectivity index (χ3v) is 11.5. The number of carbonyl (C=O) groups excluding carboxylic acids is 7.